The smallest absolute Gasteiger partial charge is 0.242 e. The summed E-state index contributed by atoms with van der Waals surface area (Å²) in [4.78, 5) is 20.2. The van der Waals surface area contributed by atoms with Gasteiger partial charge in [0.2, 0.25) is 5.91 Å². The second kappa shape index (κ2) is 8.24. The lowest BCUT2D eigenvalue weighted by atomic mass is 10.3. The summed E-state index contributed by atoms with van der Waals surface area (Å²) in [5, 5.41) is 9.27. The maximum Gasteiger partial charge on any atom is 0.242 e. The molecule has 1 aromatic heterocycles. The van der Waals surface area contributed by atoms with Crippen molar-refractivity contribution >= 4 is 11.9 Å². The Kier molecular flexibility index (Phi) is 5.99. The summed E-state index contributed by atoms with van der Waals surface area (Å²) in [5.41, 5.74) is 1.03. The third-order valence-electron chi connectivity index (χ3n) is 3.07. The first-order valence-corrected chi connectivity index (χ1v) is 7.49. The molecule has 0 unspecified atom stereocenters. The summed E-state index contributed by atoms with van der Waals surface area (Å²) >= 11 is 0. The Labute approximate surface area is 125 Å². The van der Waals surface area contributed by atoms with Gasteiger partial charge >= 0.3 is 0 Å². The van der Waals surface area contributed by atoms with Crippen LogP contribution >= 0.6 is 0 Å². The van der Waals surface area contributed by atoms with Crippen molar-refractivity contribution in [1.82, 2.24) is 20.9 Å². The van der Waals surface area contributed by atoms with Crippen LogP contribution in [0, 0.1) is 0 Å². The monoisotopic (exact) mass is 289 g/mol. The predicted molar refractivity (Wildman–Crippen MR) is 83.1 cm³/mol. The first-order chi connectivity index (χ1) is 10.3. The van der Waals surface area contributed by atoms with Crippen molar-refractivity contribution in [3.05, 3.63) is 30.1 Å². The average molecular weight is 289 g/mol. The molecule has 1 saturated carbocycles. The van der Waals surface area contributed by atoms with E-state index in [0.717, 1.165) is 38.0 Å². The van der Waals surface area contributed by atoms with Crippen LogP contribution < -0.4 is 16.0 Å². The third-order valence-corrected chi connectivity index (χ3v) is 3.07. The number of nitrogens with one attached hydrogen (secondary N) is 3. The van der Waals surface area contributed by atoms with Crippen molar-refractivity contribution in [3.63, 3.8) is 0 Å². The van der Waals surface area contributed by atoms with Gasteiger partial charge in [-0.15, -0.1) is 0 Å². The number of aromatic nitrogens is 1. The van der Waals surface area contributed by atoms with Crippen molar-refractivity contribution in [2.24, 2.45) is 4.99 Å². The molecule has 0 aliphatic heterocycles. The third kappa shape index (κ3) is 6.25. The minimum Gasteiger partial charge on any atom is -0.357 e. The largest absolute Gasteiger partial charge is 0.357 e. The summed E-state index contributed by atoms with van der Waals surface area (Å²) in [6.45, 7) is 3.66. The molecule has 0 radical (unpaired) electrons. The quantitative estimate of drug-likeness (QED) is 0.503. The van der Waals surface area contributed by atoms with Crippen LogP contribution in [0.15, 0.2) is 29.4 Å². The molecule has 0 saturated heterocycles. The van der Waals surface area contributed by atoms with Crippen LogP contribution in [0.4, 0.5) is 0 Å². The highest BCUT2D eigenvalue weighted by Crippen LogP contribution is 2.18. The molecular formula is C15H23N5O. The van der Waals surface area contributed by atoms with Crippen molar-refractivity contribution in [1.29, 1.82) is 0 Å². The number of nitrogens with zero attached hydrogens (tertiary/aromatic N) is 2. The van der Waals surface area contributed by atoms with Crippen LogP contribution in [0.25, 0.3) is 0 Å². The first-order valence-electron chi connectivity index (χ1n) is 7.49. The van der Waals surface area contributed by atoms with Crippen LogP contribution in [-0.2, 0) is 11.2 Å². The highest BCUT2D eigenvalue weighted by molar-refractivity contribution is 5.85. The molecule has 1 aliphatic rings. The Bertz CT molecular complexity index is 470. The van der Waals surface area contributed by atoms with Gasteiger partial charge in [0.1, 0.15) is 6.54 Å². The van der Waals surface area contributed by atoms with Crippen LogP contribution in [0.2, 0.25) is 0 Å². The van der Waals surface area contributed by atoms with Crippen LogP contribution in [0.1, 0.15) is 25.5 Å². The molecule has 1 aromatic rings. The molecule has 6 heteroatoms. The van der Waals surface area contributed by atoms with Crippen molar-refractivity contribution in [2.45, 2.75) is 32.2 Å². The van der Waals surface area contributed by atoms with E-state index in [-0.39, 0.29) is 12.5 Å². The summed E-state index contributed by atoms with van der Waals surface area (Å²) in [5.74, 6) is 0.652. The summed E-state index contributed by atoms with van der Waals surface area (Å²) < 4.78 is 0. The fraction of sp³-hybridized carbons (Fsp3) is 0.533. The number of rotatable bonds is 7. The van der Waals surface area contributed by atoms with Gasteiger partial charge in [0, 0.05) is 37.4 Å². The molecular weight excluding hydrogens is 266 g/mol. The zero-order valence-corrected chi connectivity index (χ0v) is 12.4. The maximum atomic E-state index is 11.6. The topological polar surface area (TPSA) is 78.4 Å². The average Bonchev–Trinajstić information content (AvgIpc) is 3.30. The molecule has 1 heterocycles. The molecule has 1 amide bonds. The van der Waals surface area contributed by atoms with Crippen LogP contribution in [0.5, 0.6) is 0 Å². The molecule has 1 fully saturated rings. The Morgan fingerprint density at radius 2 is 2.24 bits per heavy atom. The summed E-state index contributed by atoms with van der Waals surface area (Å²) in [6.07, 6.45) is 4.80. The van der Waals surface area contributed by atoms with Crippen LogP contribution in [0.3, 0.4) is 0 Å². The standard InChI is InChI=1S/C15H23N5O/c1-2-16-15(19-11-14(21)20-13-6-7-13)18-10-8-12-5-3-4-9-17-12/h3-5,9,13H,2,6-8,10-11H2,1H3,(H,20,21)(H2,16,18,19). The van der Waals surface area contributed by atoms with Gasteiger partial charge in [0.15, 0.2) is 5.96 Å². The minimum atomic E-state index is -0.0144. The lowest BCUT2D eigenvalue weighted by molar-refractivity contribution is -0.119. The fourth-order valence-electron chi connectivity index (χ4n) is 1.85. The molecule has 0 spiro atoms. The Balaban J connectivity index is 1.73. The number of hydrogen-bond acceptors (Lipinski definition) is 3. The van der Waals surface area contributed by atoms with Crippen LogP contribution in [-0.4, -0.2) is 42.5 Å². The van der Waals surface area contributed by atoms with E-state index >= 15 is 0 Å². The zero-order valence-electron chi connectivity index (χ0n) is 12.4. The summed E-state index contributed by atoms with van der Waals surface area (Å²) in [7, 11) is 0. The Morgan fingerprint density at radius 3 is 2.90 bits per heavy atom. The molecule has 3 N–H and O–H groups in total. The SMILES string of the molecule is CCNC(=NCC(=O)NC1CC1)NCCc1ccccn1. The number of carbonyl (C=O) groups is 1. The minimum absolute atomic E-state index is 0.0144. The molecule has 0 bridgehead atoms. The van der Waals surface area contributed by atoms with Crippen molar-refractivity contribution in [2.75, 3.05) is 19.6 Å². The highest BCUT2D eigenvalue weighted by Gasteiger charge is 2.22. The van der Waals surface area contributed by atoms with Gasteiger partial charge in [-0.3, -0.25) is 9.78 Å². The molecule has 6 nitrogen and oxygen atoms in total. The van der Waals surface area contributed by atoms with E-state index < -0.39 is 0 Å². The van der Waals surface area contributed by atoms with Gasteiger partial charge in [-0.05, 0) is 31.9 Å². The molecule has 0 atom stereocenters. The molecule has 0 aromatic carbocycles. The van der Waals surface area contributed by atoms with Gasteiger partial charge < -0.3 is 16.0 Å². The molecule has 2 rings (SSSR count). The van der Waals surface area contributed by atoms with E-state index in [9.17, 15) is 4.79 Å². The number of pyridine rings is 1. The number of aliphatic imine (C=N–C) groups is 1. The Morgan fingerprint density at radius 1 is 1.38 bits per heavy atom. The first kappa shape index (κ1) is 15.3. The second-order valence-electron chi connectivity index (χ2n) is 5.03. The van der Waals surface area contributed by atoms with Gasteiger partial charge in [-0.2, -0.15) is 0 Å². The molecule has 1 aliphatic carbocycles. The van der Waals surface area contributed by atoms with Crippen molar-refractivity contribution in [3.8, 4) is 0 Å². The lowest BCUT2D eigenvalue weighted by Gasteiger charge is -2.11. The van der Waals surface area contributed by atoms with Gasteiger partial charge in [0.05, 0.1) is 0 Å². The predicted octanol–water partition coefficient (Wildman–Crippen LogP) is 0.458. The van der Waals surface area contributed by atoms with E-state index in [1.165, 1.54) is 0 Å². The highest BCUT2D eigenvalue weighted by atomic mass is 16.2. The zero-order chi connectivity index (χ0) is 14.9. The van der Waals surface area contributed by atoms with E-state index in [1.807, 2.05) is 25.1 Å². The number of amides is 1. The number of guanidine groups is 1. The molecule has 21 heavy (non-hydrogen) atoms. The second-order valence-corrected chi connectivity index (χ2v) is 5.03. The van der Waals surface area contributed by atoms with Gasteiger partial charge in [-0.25, -0.2) is 4.99 Å². The van der Waals surface area contributed by atoms with E-state index in [1.54, 1.807) is 6.20 Å². The number of carbonyl (C=O) groups excluding carboxylic acids is 1. The number of hydrogen-bond donors (Lipinski definition) is 3. The van der Waals surface area contributed by atoms with E-state index in [4.69, 9.17) is 0 Å². The fourth-order valence-corrected chi connectivity index (χ4v) is 1.85. The van der Waals surface area contributed by atoms with E-state index in [0.29, 0.717) is 12.0 Å². The maximum absolute atomic E-state index is 11.6. The Hall–Kier alpha value is -2.11. The normalized spacial score (nSPS) is 14.6. The summed E-state index contributed by atoms with van der Waals surface area (Å²) in [6, 6.07) is 6.26. The van der Waals surface area contributed by atoms with Gasteiger partial charge in [-0.1, -0.05) is 6.07 Å². The van der Waals surface area contributed by atoms with E-state index in [2.05, 4.69) is 25.9 Å². The van der Waals surface area contributed by atoms with Crippen molar-refractivity contribution < 1.29 is 4.79 Å². The molecule has 114 valence electrons. The lowest BCUT2D eigenvalue weighted by Crippen LogP contribution is -2.39. The van der Waals surface area contributed by atoms with Gasteiger partial charge in [0.25, 0.3) is 0 Å².